The minimum Gasteiger partial charge on any atom is -0.379 e. The largest absolute Gasteiger partial charge is 0.379 e. The highest BCUT2D eigenvalue weighted by Crippen LogP contribution is 2.29. The van der Waals surface area contributed by atoms with Crippen LogP contribution in [0.2, 0.25) is 0 Å². The maximum Gasteiger partial charge on any atom is 0.269 e. The molecule has 0 bridgehead atoms. The Morgan fingerprint density at radius 1 is 1.26 bits per heavy atom. The van der Waals surface area contributed by atoms with Crippen LogP contribution >= 0.6 is 0 Å². The summed E-state index contributed by atoms with van der Waals surface area (Å²) in [6.45, 7) is 6.75. The van der Waals surface area contributed by atoms with E-state index in [1.165, 1.54) is 12.1 Å². The maximum atomic E-state index is 13.0. The number of hydrogen-bond donors (Lipinski definition) is 0. The van der Waals surface area contributed by atoms with E-state index in [-0.39, 0.29) is 23.9 Å². The average Bonchev–Trinajstić information content (AvgIpc) is 2.90. The summed E-state index contributed by atoms with van der Waals surface area (Å²) in [6, 6.07) is 6.04. The predicted octanol–water partition coefficient (Wildman–Crippen LogP) is 2.34. The molecule has 1 aromatic carbocycles. The van der Waals surface area contributed by atoms with Crippen molar-refractivity contribution in [3.05, 3.63) is 35.6 Å². The van der Waals surface area contributed by atoms with Gasteiger partial charge in [0.05, 0.1) is 17.9 Å². The fourth-order valence-electron chi connectivity index (χ4n) is 3.13. The summed E-state index contributed by atoms with van der Waals surface area (Å²) in [7, 11) is 0. The zero-order chi connectivity index (χ0) is 16.6. The molecule has 6 heteroatoms. The molecule has 1 fully saturated rings. The van der Waals surface area contributed by atoms with E-state index in [0.717, 1.165) is 5.56 Å². The molecule has 2 aliphatic heterocycles. The Kier molecular flexibility index (Phi) is 4.10. The molecule has 3 rings (SSSR count). The summed E-state index contributed by atoms with van der Waals surface area (Å²) in [5.74, 6) is -0.385. The van der Waals surface area contributed by atoms with Crippen LogP contribution in [0.25, 0.3) is 0 Å². The van der Waals surface area contributed by atoms with Gasteiger partial charge in [-0.05, 0) is 38.5 Å². The van der Waals surface area contributed by atoms with Crippen LogP contribution in [0, 0.1) is 5.82 Å². The van der Waals surface area contributed by atoms with Gasteiger partial charge in [-0.3, -0.25) is 4.79 Å². The molecule has 0 N–H and O–H groups in total. The van der Waals surface area contributed by atoms with E-state index in [2.05, 4.69) is 5.16 Å². The first-order chi connectivity index (χ1) is 10.9. The summed E-state index contributed by atoms with van der Waals surface area (Å²) in [5.41, 5.74) is 0.419. The second-order valence-electron chi connectivity index (χ2n) is 6.51. The van der Waals surface area contributed by atoms with Crippen LogP contribution in [-0.2, 0) is 14.4 Å². The minimum atomic E-state index is -1.01. The highest BCUT2D eigenvalue weighted by molar-refractivity contribution is 6.05. The van der Waals surface area contributed by atoms with Gasteiger partial charge in [-0.2, -0.15) is 0 Å². The number of hydrogen-bond acceptors (Lipinski definition) is 4. The highest BCUT2D eigenvalue weighted by Gasteiger charge is 2.46. The van der Waals surface area contributed by atoms with Crippen LogP contribution in [0.3, 0.4) is 0 Å². The van der Waals surface area contributed by atoms with Crippen molar-refractivity contribution in [1.82, 2.24) is 4.90 Å². The molecular weight excluding hydrogens is 299 g/mol. The van der Waals surface area contributed by atoms with Crippen LogP contribution in [-0.4, -0.2) is 47.4 Å². The van der Waals surface area contributed by atoms with Gasteiger partial charge >= 0.3 is 0 Å². The summed E-state index contributed by atoms with van der Waals surface area (Å²) < 4.78 is 18.7. The van der Waals surface area contributed by atoms with Gasteiger partial charge in [0.15, 0.2) is 0 Å². The Morgan fingerprint density at radius 2 is 1.87 bits per heavy atom. The molecule has 2 aliphatic rings. The molecule has 0 saturated carbocycles. The molecule has 124 valence electrons. The molecule has 23 heavy (non-hydrogen) atoms. The van der Waals surface area contributed by atoms with Crippen LogP contribution in [0.1, 0.15) is 32.8 Å². The maximum absolute atomic E-state index is 13.0. The monoisotopic (exact) mass is 320 g/mol. The van der Waals surface area contributed by atoms with Crippen LogP contribution < -0.4 is 0 Å². The normalized spacial score (nSPS) is 30.8. The van der Waals surface area contributed by atoms with Crippen molar-refractivity contribution in [3.8, 4) is 0 Å². The van der Waals surface area contributed by atoms with Crippen molar-refractivity contribution < 1.29 is 18.8 Å². The molecule has 2 heterocycles. The molecule has 1 saturated heterocycles. The number of nitrogens with zero attached hydrogens (tertiary/aromatic N) is 2. The van der Waals surface area contributed by atoms with E-state index in [1.54, 1.807) is 24.0 Å². The van der Waals surface area contributed by atoms with Crippen molar-refractivity contribution >= 4 is 11.6 Å². The molecule has 1 amide bonds. The second kappa shape index (κ2) is 5.92. The molecule has 0 unspecified atom stereocenters. The average molecular weight is 320 g/mol. The number of rotatable bonds is 2. The Labute approximate surface area is 135 Å². The fraction of sp³-hybridized carbons (Fsp3) is 0.529. The molecule has 0 radical (unpaired) electrons. The number of morpholine rings is 1. The topological polar surface area (TPSA) is 51.1 Å². The number of halogens is 1. The van der Waals surface area contributed by atoms with Crippen molar-refractivity contribution in [2.75, 3.05) is 13.1 Å². The molecule has 5 nitrogen and oxygen atoms in total. The summed E-state index contributed by atoms with van der Waals surface area (Å²) in [6.07, 6.45) is 0.382. The number of carbonyl (C=O) groups is 1. The Hall–Kier alpha value is -1.95. The number of benzene rings is 1. The van der Waals surface area contributed by atoms with Gasteiger partial charge in [0.2, 0.25) is 5.60 Å². The first kappa shape index (κ1) is 15.9. The van der Waals surface area contributed by atoms with Crippen LogP contribution in [0.5, 0.6) is 0 Å². The van der Waals surface area contributed by atoms with E-state index >= 15 is 0 Å². The van der Waals surface area contributed by atoms with Gasteiger partial charge in [0.1, 0.15) is 5.82 Å². The summed E-state index contributed by atoms with van der Waals surface area (Å²) in [4.78, 5) is 20.1. The van der Waals surface area contributed by atoms with Gasteiger partial charge in [-0.25, -0.2) is 4.39 Å². The summed E-state index contributed by atoms with van der Waals surface area (Å²) in [5, 5.41) is 4.06. The van der Waals surface area contributed by atoms with Gasteiger partial charge in [0, 0.05) is 19.5 Å². The zero-order valence-electron chi connectivity index (χ0n) is 13.6. The quantitative estimate of drug-likeness (QED) is 0.840. The van der Waals surface area contributed by atoms with E-state index in [4.69, 9.17) is 9.57 Å². The van der Waals surface area contributed by atoms with Crippen molar-refractivity contribution in [3.63, 3.8) is 0 Å². The molecule has 0 aliphatic carbocycles. The predicted molar refractivity (Wildman–Crippen MR) is 83.6 cm³/mol. The molecular formula is C17H21FN2O3. The van der Waals surface area contributed by atoms with Crippen LogP contribution in [0.15, 0.2) is 29.4 Å². The molecule has 3 atom stereocenters. The lowest BCUT2D eigenvalue weighted by atomic mass is 9.94. The summed E-state index contributed by atoms with van der Waals surface area (Å²) >= 11 is 0. The van der Waals surface area contributed by atoms with Crippen LogP contribution in [0.4, 0.5) is 4.39 Å². The van der Waals surface area contributed by atoms with E-state index < -0.39 is 5.60 Å². The molecule has 0 spiro atoms. The lowest BCUT2D eigenvalue weighted by molar-refractivity contribution is -0.164. The first-order valence-electron chi connectivity index (χ1n) is 7.83. The lowest BCUT2D eigenvalue weighted by Crippen LogP contribution is -2.55. The van der Waals surface area contributed by atoms with Gasteiger partial charge in [0.25, 0.3) is 5.91 Å². The van der Waals surface area contributed by atoms with Crippen molar-refractivity contribution in [2.24, 2.45) is 5.16 Å². The number of carbonyl (C=O) groups excluding carboxylic acids is 1. The van der Waals surface area contributed by atoms with Gasteiger partial charge in [-0.15, -0.1) is 0 Å². The Morgan fingerprint density at radius 3 is 2.48 bits per heavy atom. The van der Waals surface area contributed by atoms with E-state index in [1.807, 2.05) is 13.8 Å². The Bertz CT molecular complexity index is 621. The smallest absolute Gasteiger partial charge is 0.269 e. The zero-order valence-corrected chi connectivity index (χ0v) is 13.6. The minimum absolute atomic E-state index is 0.00481. The second-order valence-corrected chi connectivity index (χ2v) is 6.51. The Balaban J connectivity index is 1.71. The van der Waals surface area contributed by atoms with Crippen molar-refractivity contribution in [1.29, 1.82) is 0 Å². The molecule has 0 aromatic heterocycles. The molecule has 1 aromatic rings. The first-order valence-corrected chi connectivity index (χ1v) is 7.83. The standard InChI is InChI=1S/C17H21FN2O3/c1-11-9-20(10-12(2)22-11)16(21)17(3)8-15(19-23-17)13-4-6-14(18)7-5-13/h4-7,11-12H,8-10H2,1-3H3/t11-,12+,17-/m1/s1. The fourth-order valence-corrected chi connectivity index (χ4v) is 3.13. The van der Waals surface area contributed by atoms with E-state index in [9.17, 15) is 9.18 Å². The van der Waals surface area contributed by atoms with E-state index in [0.29, 0.717) is 25.2 Å². The van der Waals surface area contributed by atoms with Crippen molar-refractivity contribution in [2.45, 2.75) is 45.0 Å². The third-order valence-electron chi connectivity index (χ3n) is 4.20. The van der Waals surface area contributed by atoms with Gasteiger partial charge in [-0.1, -0.05) is 17.3 Å². The number of amides is 1. The van der Waals surface area contributed by atoms with Gasteiger partial charge < -0.3 is 14.5 Å². The highest BCUT2D eigenvalue weighted by atomic mass is 19.1. The third kappa shape index (κ3) is 3.22. The SMILES string of the molecule is C[C@@H]1CN(C(=O)[C@@]2(C)CC(c3ccc(F)cc3)=NO2)C[C@H](C)O1. The number of ether oxygens (including phenoxy) is 1. The lowest BCUT2D eigenvalue weighted by Gasteiger charge is -2.38. The number of oxime groups is 1. The third-order valence-corrected chi connectivity index (χ3v) is 4.20.